The van der Waals surface area contributed by atoms with Crippen LogP contribution in [0.25, 0.3) is 11.1 Å². The highest BCUT2D eigenvalue weighted by Gasteiger charge is 2.29. The fraction of sp³-hybridized carbons (Fsp3) is 0.231. The van der Waals surface area contributed by atoms with Crippen molar-refractivity contribution < 1.29 is 29.6 Å². The molecule has 3 aromatic carbocycles. The Morgan fingerprint density at radius 2 is 1.56 bits per heavy atom. The third-order valence-electron chi connectivity index (χ3n) is 6.08. The molecule has 2 unspecified atom stereocenters. The number of ether oxygens (including phenoxy) is 1. The lowest BCUT2D eigenvalue weighted by molar-refractivity contribution is 0.0132. The first-order valence-electron chi connectivity index (χ1n) is 10.9. The molecule has 1 aliphatic carbocycles. The molecule has 0 saturated carbocycles. The maximum absolute atomic E-state index is 12.3. The number of carbonyl (C=O) groups is 2. The second-order valence-electron chi connectivity index (χ2n) is 8.17. The van der Waals surface area contributed by atoms with Crippen molar-refractivity contribution in [1.82, 2.24) is 5.32 Å². The third-order valence-corrected chi connectivity index (χ3v) is 6.08. The first-order valence-corrected chi connectivity index (χ1v) is 10.9. The number of anilines is 1. The van der Waals surface area contributed by atoms with Gasteiger partial charge in [-0.05, 0) is 40.8 Å². The van der Waals surface area contributed by atoms with E-state index in [-0.39, 0.29) is 42.3 Å². The Bertz CT molecular complexity index is 1170. The predicted octanol–water partition coefficient (Wildman–Crippen LogP) is 3.29. The number of hydrogen-bond donors (Lipinski definition) is 5. The van der Waals surface area contributed by atoms with Crippen molar-refractivity contribution in [2.45, 2.75) is 24.5 Å². The van der Waals surface area contributed by atoms with Gasteiger partial charge >= 0.3 is 12.1 Å². The summed E-state index contributed by atoms with van der Waals surface area (Å²) in [5.41, 5.74) is 10.1. The number of nitrogens with two attached hydrogens (primary N) is 1. The molecule has 8 heteroatoms. The molecule has 0 heterocycles. The van der Waals surface area contributed by atoms with Crippen LogP contribution in [0.2, 0.25) is 0 Å². The Morgan fingerprint density at radius 1 is 0.941 bits per heavy atom. The zero-order valence-electron chi connectivity index (χ0n) is 18.3. The molecule has 1 aliphatic rings. The average Bonchev–Trinajstić information content (AvgIpc) is 3.15. The van der Waals surface area contributed by atoms with Gasteiger partial charge in [0.2, 0.25) is 0 Å². The number of aromatic carboxylic acids is 1. The van der Waals surface area contributed by atoms with E-state index >= 15 is 0 Å². The van der Waals surface area contributed by atoms with Crippen LogP contribution in [0.4, 0.5) is 10.5 Å². The smallest absolute Gasteiger partial charge is 0.407 e. The van der Waals surface area contributed by atoms with Crippen LogP contribution in [0.1, 0.15) is 45.5 Å². The normalized spacial score (nSPS) is 14.1. The number of carboxylic acids is 1. The van der Waals surface area contributed by atoms with Gasteiger partial charge in [-0.1, -0.05) is 54.6 Å². The molecule has 0 bridgehead atoms. The molecule has 4 rings (SSSR count). The van der Waals surface area contributed by atoms with Crippen LogP contribution in [-0.4, -0.2) is 46.6 Å². The number of fused-ring (bicyclic) bond motifs is 3. The van der Waals surface area contributed by atoms with Crippen LogP contribution in [-0.2, 0) is 4.74 Å². The largest absolute Gasteiger partial charge is 0.478 e. The molecule has 0 spiro atoms. The number of aliphatic hydroxyl groups is 2. The quantitative estimate of drug-likeness (QED) is 0.323. The van der Waals surface area contributed by atoms with E-state index in [1.165, 1.54) is 18.2 Å². The van der Waals surface area contributed by atoms with Crippen molar-refractivity contribution in [2.75, 3.05) is 18.9 Å². The van der Waals surface area contributed by atoms with Crippen molar-refractivity contribution in [3.63, 3.8) is 0 Å². The van der Waals surface area contributed by atoms with E-state index in [2.05, 4.69) is 17.4 Å². The van der Waals surface area contributed by atoms with Crippen LogP contribution in [0.3, 0.4) is 0 Å². The van der Waals surface area contributed by atoms with Crippen molar-refractivity contribution in [3.8, 4) is 11.1 Å². The van der Waals surface area contributed by atoms with E-state index in [9.17, 15) is 24.9 Å². The minimum atomic E-state index is -1.52. The Labute approximate surface area is 196 Å². The zero-order chi connectivity index (χ0) is 24.2. The molecule has 0 radical (unpaired) electrons. The van der Waals surface area contributed by atoms with Crippen molar-refractivity contribution >= 4 is 17.7 Å². The maximum Gasteiger partial charge on any atom is 0.407 e. The number of rotatable bonds is 8. The third kappa shape index (κ3) is 4.59. The van der Waals surface area contributed by atoms with Gasteiger partial charge in [0.05, 0.1) is 11.7 Å². The first kappa shape index (κ1) is 23.3. The monoisotopic (exact) mass is 462 g/mol. The number of nitrogens with one attached hydrogen (secondary N) is 1. The molecule has 0 fully saturated rings. The minimum Gasteiger partial charge on any atom is -0.478 e. The summed E-state index contributed by atoms with van der Waals surface area (Å²) in [6.07, 6.45) is -3.53. The topological polar surface area (TPSA) is 142 Å². The second kappa shape index (κ2) is 9.94. The van der Waals surface area contributed by atoms with E-state index in [0.717, 1.165) is 22.3 Å². The van der Waals surface area contributed by atoms with E-state index in [0.29, 0.717) is 0 Å². The van der Waals surface area contributed by atoms with Crippen LogP contribution in [0, 0.1) is 0 Å². The number of aliphatic hydroxyl groups excluding tert-OH is 2. The van der Waals surface area contributed by atoms with Gasteiger partial charge < -0.3 is 31.1 Å². The van der Waals surface area contributed by atoms with E-state index in [4.69, 9.17) is 10.5 Å². The van der Waals surface area contributed by atoms with Crippen molar-refractivity contribution in [2.24, 2.45) is 0 Å². The van der Waals surface area contributed by atoms with Crippen LogP contribution < -0.4 is 11.1 Å². The highest BCUT2D eigenvalue weighted by atomic mass is 16.5. The van der Waals surface area contributed by atoms with E-state index in [1.807, 2.05) is 36.4 Å². The highest BCUT2D eigenvalue weighted by Crippen LogP contribution is 2.44. The SMILES string of the molecule is Nc1cccc(C(=O)O)c1C(O)C(O)CCNC(=O)OCC1c2ccccc2-c2ccccc21. The summed E-state index contributed by atoms with van der Waals surface area (Å²) in [4.78, 5) is 23.7. The van der Waals surface area contributed by atoms with Crippen LogP contribution >= 0.6 is 0 Å². The Hall–Kier alpha value is -3.88. The van der Waals surface area contributed by atoms with E-state index < -0.39 is 24.3 Å². The minimum absolute atomic E-state index is 0.0179. The molecule has 1 amide bonds. The molecule has 34 heavy (non-hydrogen) atoms. The van der Waals surface area contributed by atoms with E-state index in [1.54, 1.807) is 0 Å². The number of hydrogen-bond acceptors (Lipinski definition) is 6. The van der Waals surface area contributed by atoms with Gasteiger partial charge in [0.1, 0.15) is 12.7 Å². The molecule has 0 aromatic heterocycles. The molecule has 3 aromatic rings. The Balaban J connectivity index is 1.31. The summed E-state index contributed by atoms with van der Waals surface area (Å²) in [7, 11) is 0. The lowest BCUT2D eigenvalue weighted by Crippen LogP contribution is -2.31. The molecule has 8 nitrogen and oxygen atoms in total. The molecular weight excluding hydrogens is 436 g/mol. The van der Waals surface area contributed by atoms with Gasteiger partial charge in [0.15, 0.2) is 0 Å². The summed E-state index contributed by atoms with van der Waals surface area (Å²) in [6.45, 7) is 0.178. The van der Waals surface area contributed by atoms with Gasteiger partial charge in [-0.3, -0.25) is 0 Å². The van der Waals surface area contributed by atoms with Crippen LogP contribution in [0.15, 0.2) is 66.7 Å². The average molecular weight is 463 g/mol. The Kier molecular flexibility index (Phi) is 6.81. The number of carbonyl (C=O) groups excluding carboxylic acids is 1. The molecule has 6 N–H and O–H groups in total. The van der Waals surface area contributed by atoms with Gasteiger partial charge in [0, 0.05) is 23.7 Å². The number of amides is 1. The van der Waals surface area contributed by atoms with Gasteiger partial charge in [-0.2, -0.15) is 0 Å². The summed E-state index contributed by atoms with van der Waals surface area (Å²) in [5, 5.41) is 32.7. The summed E-state index contributed by atoms with van der Waals surface area (Å²) in [6, 6.07) is 20.2. The maximum atomic E-state index is 12.3. The lowest BCUT2D eigenvalue weighted by atomic mass is 9.95. The molecule has 0 saturated heterocycles. The second-order valence-corrected chi connectivity index (χ2v) is 8.17. The molecule has 2 atom stereocenters. The zero-order valence-corrected chi connectivity index (χ0v) is 18.3. The number of benzene rings is 3. The number of nitrogen functional groups attached to an aromatic ring is 1. The standard InChI is InChI=1S/C26H26N2O6/c27-21-11-5-10-19(25(31)32)23(21)24(30)22(29)12-13-28-26(33)34-14-20-17-8-3-1-6-15(17)16-7-2-4-9-18(16)20/h1-11,20,22,24,29-30H,12-14,27H2,(H,28,33)(H,31,32). The van der Waals surface area contributed by atoms with Crippen molar-refractivity contribution in [1.29, 1.82) is 0 Å². The highest BCUT2D eigenvalue weighted by molar-refractivity contribution is 5.91. The van der Waals surface area contributed by atoms with Gasteiger partial charge in [-0.15, -0.1) is 0 Å². The molecular formula is C26H26N2O6. The number of alkyl carbamates (subject to hydrolysis) is 1. The van der Waals surface area contributed by atoms with Gasteiger partial charge in [0.25, 0.3) is 0 Å². The van der Waals surface area contributed by atoms with Crippen molar-refractivity contribution in [3.05, 3.63) is 89.0 Å². The Morgan fingerprint density at radius 3 is 2.18 bits per heavy atom. The predicted molar refractivity (Wildman–Crippen MR) is 126 cm³/mol. The van der Waals surface area contributed by atoms with Crippen LogP contribution in [0.5, 0.6) is 0 Å². The molecule has 0 aliphatic heterocycles. The lowest BCUT2D eigenvalue weighted by Gasteiger charge is -2.21. The summed E-state index contributed by atoms with van der Waals surface area (Å²) < 4.78 is 5.44. The fourth-order valence-electron chi connectivity index (χ4n) is 4.42. The summed E-state index contributed by atoms with van der Waals surface area (Å²) in [5.74, 6) is -1.33. The first-order chi connectivity index (χ1) is 16.4. The van der Waals surface area contributed by atoms with Gasteiger partial charge in [-0.25, -0.2) is 9.59 Å². The summed E-state index contributed by atoms with van der Waals surface area (Å²) >= 11 is 0. The fourth-order valence-corrected chi connectivity index (χ4v) is 4.42. The number of carboxylic acid groups (broad SMARTS) is 1. The molecule has 176 valence electrons.